The van der Waals surface area contributed by atoms with E-state index in [4.69, 9.17) is 11.6 Å². The first-order valence-electron chi connectivity index (χ1n) is 6.02. The van der Waals surface area contributed by atoms with E-state index in [0.29, 0.717) is 17.5 Å². The van der Waals surface area contributed by atoms with Gasteiger partial charge in [-0.1, -0.05) is 17.7 Å². The minimum atomic E-state index is -4.33. The maximum Gasteiger partial charge on any atom is 0.411 e. The maximum absolute atomic E-state index is 13.3. The largest absolute Gasteiger partial charge is 0.411 e. The Kier molecular flexibility index (Phi) is 6.23. The van der Waals surface area contributed by atoms with Crippen molar-refractivity contribution in [3.63, 3.8) is 0 Å². The second-order valence-electron chi connectivity index (χ2n) is 4.42. The molecule has 0 fully saturated rings. The molecular weight excluding hydrogens is 298 g/mol. The number of aryl methyl sites for hydroxylation is 1. The van der Waals surface area contributed by atoms with Gasteiger partial charge in [0.1, 0.15) is 12.4 Å². The van der Waals surface area contributed by atoms with Crippen LogP contribution >= 0.6 is 11.6 Å². The second-order valence-corrected chi connectivity index (χ2v) is 4.83. The molecule has 0 saturated carbocycles. The Morgan fingerprint density at radius 1 is 1.35 bits per heavy atom. The molecule has 1 rings (SSSR count). The van der Waals surface area contributed by atoms with Crippen molar-refractivity contribution < 1.29 is 22.3 Å². The fourth-order valence-electron chi connectivity index (χ4n) is 1.79. The van der Waals surface area contributed by atoms with Crippen LogP contribution in [0.2, 0.25) is 5.02 Å². The summed E-state index contributed by atoms with van der Waals surface area (Å²) < 4.78 is 53.7. The zero-order chi connectivity index (χ0) is 15.3. The van der Waals surface area contributed by atoms with E-state index in [1.54, 1.807) is 20.0 Å². The van der Waals surface area contributed by atoms with Crippen LogP contribution in [0.5, 0.6) is 0 Å². The van der Waals surface area contributed by atoms with Crippen molar-refractivity contribution >= 4 is 11.6 Å². The van der Waals surface area contributed by atoms with E-state index < -0.39 is 18.6 Å². The van der Waals surface area contributed by atoms with Gasteiger partial charge in [-0.2, -0.15) is 13.2 Å². The summed E-state index contributed by atoms with van der Waals surface area (Å²) in [5.41, 5.74) is 1.07. The fourth-order valence-corrected chi connectivity index (χ4v) is 2.07. The summed E-state index contributed by atoms with van der Waals surface area (Å²) in [5.74, 6) is -0.415. The summed E-state index contributed by atoms with van der Waals surface area (Å²) in [6, 6.07) is 2.49. The molecule has 0 aliphatic rings. The first kappa shape index (κ1) is 17.2. The molecule has 0 saturated heterocycles. The molecule has 0 aliphatic heterocycles. The SMILES string of the molecule is CNC(CCOCC(F)(F)F)c1cc(C)c(F)cc1Cl. The van der Waals surface area contributed by atoms with Crippen LogP contribution in [0.3, 0.4) is 0 Å². The molecule has 0 spiro atoms. The number of benzene rings is 1. The molecule has 0 bridgehead atoms. The molecule has 1 aromatic carbocycles. The predicted molar refractivity (Wildman–Crippen MR) is 69.4 cm³/mol. The summed E-state index contributed by atoms with van der Waals surface area (Å²) in [7, 11) is 1.66. The molecule has 1 unspecified atom stereocenters. The van der Waals surface area contributed by atoms with Crippen LogP contribution in [0, 0.1) is 12.7 Å². The number of nitrogens with one attached hydrogen (secondary N) is 1. The van der Waals surface area contributed by atoms with Gasteiger partial charge in [0.25, 0.3) is 0 Å². The van der Waals surface area contributed by atoms with Crippen LogP contribution in [0.15, 0.2) is 12.1 Å². The van der Waals surface area contributed by atoms with Crippen LogP contribution in [-0.4, -0.2) is 26.4 Å². The lowest BCUT2D eigenvalue weighted by Gasteiger charge is -2.19. The first-order valence-corrected chi connectivity index (χ1v) is 6.39. The minimum absolute atomic E-state index is 0.0717. The predicted octanol–water partition coefficient (Wildman–Crippen LogP) is 4.02. The molecule has 0 aliphatic carbocycles. The molecule has 1 aromatic rings. The number of hydrogen-bond donors (Lipinski definition) is 1. The summed E-state index contributed by atoms with van der Waals surface area (Å²) in [6.45, 7) is 0.249. The van der Waals surface area contributed by atoms with Gasteiger partial charge in [0, 0.05) is 17.7 Å². The molecule has 114 valence electrons. The molecule has 0 radical (unpaired) electrons. The normalized spacial score (nSPS) is 13.6. The molecule has 0 heterocycles. The molecule has 20 heavy (non-hydrogen) atoms. The summed E-state index contributed by atoms with van der Waals surface area (Å²) in [4.78, 5) is 0. The van der Waals surface area contributed by atoms with Crippen LogP contribution in [0.25, 0.3) is 0 Å². The van der Waals surface area contributed by atoms with Crippen molar-refractivity contribution in [2.75, 3.05) is 20.3 Å². The van der Waals surface area contributed by atoms with Crippen LogP contribution in [-0.2, 0) is 4.74 Å². The third kappa shape index (κ3) is 5.26. The van der Waals surface area contributed by atoms with Crippen molar-refractivity contribution in [1.29, 1.82) is 0 Å². The van der Waals surface area contributed by atoms with Crippen LogP contribution in [0.1, 0.15) is 23.6 Å². The average molecular weight is 314 g/mol. The number of ether oxygens (including phenoxy) is 1. The fraction of sp³-hybridized carbons (Fsp3) is 0.538. The Hall–Kier alpha value is -0.850. The van der Waals surface area contributed by atoms with Crippen molar-refractivity contribution in [1.82, 2.24) is 5.32 Å². The quantitative estimate of drug-likeness (QED) is 0.633. The monoisotopic (exact) mass is 313 g/mol. The van der Waals surface area contributed by atoms with E-state index in [0.717, 1.165) is 0 Å². The van der Waals surface area contributed by atoms with E-state index in [1.165, 1.54) is 6.07 Å². The van der Waals surface area contributed by atoms with Gasteiger partial charge < -0.3 is 10.1 Å². The second kappa shape index (κ2) is 7.24. The number of halogens is 5. The molecule has 1 atom stereocenters. The standard InChI is InChI=1S/C13H16ClF4NO/c1-8-5-9(10(14)6-11(8)15)12(19-2)3-4-20-7-13(16,17)18/h5-6,12,19H,3-4,7H2,1-2H3. The van der Waals surface area contributed by atoms with E-state index in [2.05, 4.69) is 10.1 Å². The van der Waals surface area contributed by atoms with Crippen molar-refractivity contribution in [2.24, 2.45) is 0 Å². The number of hydrogen-bond acceptors (Lipinski definition) is 2. The Morgan fingerprint density at radius 2 is 2.00 bits per heavy atom. The van der Waals surface area contributed by atoms with Gasteiger partial charge in [0.15, 0.2) is 0 Å². The molecule has 2 nitrogen and oxygen atoms in total. The Bertz CT molecular complexity index is 451. The first-order chi connectivity index (χ1) is 9.24. The van der Waals surface area contributed by atoms with E-state index in [9.17, 15) is 17.6 Å². The topological polar surface area (TPSA) is 21.3 Å². The van der Waals surface area contributed by atoms with Gasteiger partial charge in [0.05, 0.1) is 0 Å². The van der Waals surface area contributed by atoms with Crippen molar-refractivity contribution in [3.05, 3.63) is 34.1 Å². The minimum Gasteiger partial charge on any atom is -0.372 e. The third-order valence-corrected chi connectivity index (χ3v) is 3.15. The highest BCUT2D eigenvalue weighted by atomic mass is 35.5. The maximum atomic E-state index is 13.3. The Morgan fingerprint density at radius 3 is 2.55 bits per heavy atom. The van der Waals surface area contributed by atoms with Gasteiger partial charge in [-0.05, 0) is 37.6 Å². The van der Waals surface area contributed by atoms with E-state index in [1.807, 2.05) is 0 Å². The molecular formula is C13H16ClF4NO. The van der Waals surface area contributed by atoms with Crippen LogP contribution in [0.4, 0.5) is 17.6 Å². The highest BCUT2D eigenvalue weighted by Crippen LogP contribution is 2.28. The third-order valence-electron chi connectivity index (χ3n) is 2.82. The Balaban J connectivity index is 2.65. The Labute approximate surface area is 120 Å². The summed E-state index contributed by atoms with van der Waals surface area (Å²) in [6.07, 6.45) is -4.03. The molecule has 0 aromatic heterocycles. The molecule has 1 N–H and O–H groups in total. The number of rotatable bonds is 6. The molecule has 0 amide bonds. The van der Waals surface area contributed by atoms with Gasteiger partial charge in [-0.3, -0.25) is 0 Å². The highest BCUT2D eigenvalue weighted by molar-refractivity contribution is 6.31. The lowest BCUT2D eigenvalue weighted by molar-refractivity contribution is -0.174. The van der Waals surface area contributed by atoms with Gasteiger partial charge in [-0.15, -0.1) is 0 Å². The van der Waals surface area contributed by atoms with Gasteiger partial charge >= 0.3 is 6.18 Å². The van der Waals surface area contributed by atoms with Crippen molar-refractivity contribution in [2.45, 2.75) is 25.6 Å². The van der Waals surface area contributed by atoms with Crippen molar-refractivity contribution in [3.8, 4) is 0 Å². The van der Waals surface area contributed by atoms with Gasteiger partial charge in [-0.25, -0.2) is 4.39 Å². The van der Waals surface area contributed by atoms with E-state index in [-0.39, 0.29) is 17.7 Å². The zero-order valence-electron chi connectivity index (χ0n) is 11.2. The summed E-state index contributed by atoms with van der Waals surface area (Å²) >= 11 is 5.96. The van der Waals surface area contributed by atoms with Gasteiger partial charge in [0.2, 0.25) is 0 Å². The van der Waals surface area contributed by atoms with Crippen LogP contribution < -0.4 is 5.32 Å². The smallest absolute Gasteiger partial charge is 0.372 e. The number of alkyl halides is 3. The summed E-state index contributed by atoms with van der Waals surface area (Å²) in [5, 5.41) is 3.17. The zero-order valence-corrected chi connectivity index (χ0v) is 11.9. The highest BCUT2D eigenvalue weighted by Gasteiger charge is 2.27. The lowest BCUT2D eigenvalue weighted by atomic mass is 10.0. The molecule has 7 heteroatoms. The van der Waals surface area contributed by atoms with E-state index >= 15 is 0 Å². The lowest BCUT2D eigenvalue weighted by Crippen LogP contribution is -2.22. The average Bonchev–Trinajstić information content (AvgIpc) is 2.33.